The van der Waals surface area contributed by atoms with Crippen LogP contribution in [0.25, 0.3) is 10.8 Å². The molecule has 0 radical (unpaired) electrons. The Bertz CT molecular complexity index is 1190. The largest absolute Gasteiger partial charge is 0.506 e. The lowest BCUT2D eigenvalue weighted by Crippen LogP contribution is -2.22. The predicted molar refractivity (Wildman–Crippen MR) is 126 cm³/mol. The van der Waals surface area contributed by atoms with Crippen molar-refractivity contribution >= 4 is 81.0 Å². The van der Waals surface area contributed by atoms with E-state index in [0.717, 1.165) is 16.1 Å². The Hall–Kier alpha value is -1.67. The molecule has 0 spiro atoms. The highest BCUT2D eigenvalue weighted by Crippen LogP contribution is 2.44. The van der Waals surface area contributed by atoms with Gasteiger partial charge in [0.15, 0.2) is 0 Å². The van der Waals surface area contributed by atoms with E-state index in [2.05, 4.69) is 0 Å². The maximum absolute atomic E-state index is 10.7. The SMILES string of the molecule is Oc1c(Cl)cc(Cl)cc1P(c1ccc2ccccc2c1)c1cc(Cl)cc(Cl)c1O. The first kappa shape index (κ1) is 20.6. The molecule has 4 aromatic carbocycles. The lowest BCUT2D eigenvalue weighted by molar-refractivity contribution is 0.479. The van der Waals surface area contributed by atoms with Crippen molar-refractivity contribution in [1.29, 1.82) is 0 Å². The van der Waals surface area contributed by atoms with Crippen LogP contribution in [0.5, 0.6) is 11.5 Å². The molecule has 0 aliphatic rings. The maximum atomic E-state index is 10.7. The Balaban J connectivity index is 2.05. The van der Waals surface area contributed by atoms with Gasteiger partial charge in [-0.15, -0.1) is 0 Å². The molecular weight excluding hydrogens is 469 g/mol. The first-order valence-electron chi connectivity index (χ1n) is 8.50. The van der Waals surface area contributed by atoms with Gasteiger partial charge in [-0.3, -0.25) is 0 Å². The zero-order valence-corrected chi connectivity index (χ0v) is 18.6. The smallest absolute Gasteiger partial charge is 0.142 e. The van der Waals surface area contributed by atoms with Gasteiger partial charge < -0.3 is 10.2 Å². The van der Waals surface area contributed by atoms with Gasteiger partial charge in [0.2, 0.25) is 0 Å². The molecule has 0 saturated heterocycles. The van der Waals surface area contributed by atoms with Gasteiger partial charge in [-0.1, -0.05) is 82.8 Å². The third-order valence-electron chi connectivity index (χ3n) is 4.49. The fourth-order valence-electron chi connectivity index (χ4n) is 3.17. The Labute approximate surface area is 189 Å². The van der Waals surface area contributed by atoms with E-state index in [1.165, 1.54) is 12.1 Å². The predicted octanol–water partition coefficient (Wildman–Crippen LogP) is 6.62. The highest BCUT2D eigenvalue weighted by atomic mass is 35.5. The molecule has 2 nitrogen and oxygen atoms in total. The molecule has 0 amide bonds. The molecule has 0 unspecified atom stereocenters. The standard InChI is InChI=1S/C22H13Cl4O2P/c23-14-8-17(25)21(27)19(10-14)29(20-11-15(24)9-18(26)22(20)28)16-6-5-12-3-1-2-4-13(12)7-16/h1-11,27-28H. The van der Waals surface area contributed by atoms with E-state index in [-0.39, 0.29) is 21.5 Å². The van der Waals surface area contributed by atoms with E-state index in [4.69, 9.17) is 46.4 Å². The number of benzene rings is 4. The molecule has 29 heavy (non-hydrogen) atoms. The summed E-state index contributed by atoms with van der Waals surface area (Å²) in [6.07, 6.45) is 0. The number of halogens is 4. The van der Waals surface area contributed by atoms with Crippen molar-refractivity contribution in [2.75, 3.05) is 0 Å². The van der Waals surface area contributed by atoms with Gasteiger partial charge in [0.05, 0.1) is 10.0 Å². The quantitative estimate of drug-likeness (QED) is 0.322. The Morgan fingerprint density at radius 1 is 0.586 bits per heavy atom. The summed E-state index contributed by atoms with van der Waals surface area (Å²) in [6.45, 7) is 0. The van der Waals surface area contributed by atoms with Gasteiger partial charge in [-0.2, -0.15) is 0 Å². The van der Waals surface area contributed by atoms with Gasteiger partial charge in [0, 0.05) is 20.7 Å². The summed E-state index contributed by atoms with van der Waals surface area (Å²) in [4.78, 5) is 0. The van der Waals surface area contributed by atoms with Crippen LogP contribution >= 0.6 is 54.3 Å². The number of aromatic hydroxyl groups is 2. The van der Waals surface area contributed by atoms with Crippen LogP contribution in [0.15, 0.2) is 66.7 Å². The number of fused-ring (bicyclic) bond motifs is 1. The minimum atomic E-state index is -1.46. The molecule has 0 aromatic heterocycles. The van der Waals surface area contributed by atoms with Crippen molar-refractivity contribution < 1.29 is 10.2 Å². The summed E-state index contributed by atoms with van der Waals surface area (Å²) >= 11 is 24.9. The van der Waals surface area contributed by atoms with E-state index < -0.39 is 7.92 Å². The summed E-state index contributed by atoms with van der Waals surface area (Å²) in [5.41, 5.74) is 0. The highest BCUT2D eigenvalue weighted by Gasteiger charge is 2.26. The van der Waals surface area contributed by atoms with E-state index >= 15 is 0 Å². The Morgan fingerprint density at radius 3 is 1.66 bits per heavy atom. The third-order valence-corrected chi connectivity index (χ3v) is 7.94. The van der Waals surface area contributed by atoms with Crippen molar-refractivity contribution in [2.45, 2.75) is 0 Å². The van der Waals surface area contributed by atoms with Crippen LogP contribution in [0.2, 0.25) is 20.1 Å². The first-order valence-corrected chi connectivity index (χ1v) is 11.4. The summed E-state index contributed by atoms with van der Waals surface area (Å²) in [6, 6.07) is 20.2. The summed E-state index contributed by atoms with van der Waals surface area (Å²) in [5.74, 6) is -0.184. The van der Waals surface area contributed by atoms with Crippen molar-refractivity contribution in [3.05, 3.63) is 86.8 Å². The summed E-state index contributed by atoms with van der Waals surface area (Å²) in [5, 5.41) is 26.5. The zero-order valence-electron chi connectivity index (χ0n) is 14.7. The average Bonchev–Trinajstić information content (AvgIpc) is 2.69. The molecule has 0 atom stereocenters. The second-order valence-corrected chi connectivity index (χ2v) is 10.2. The monoisotopic (exact) mass is 480 g/mol. The van der Waals surface area contributed by atoms with E-state index in [0.29, 0.717) is 20.7 Å². The Kier molecular flexibility index (Phi) is 5.84. The molecule has 146 valence electrons. The van der Waals surface area contributed by atoms with Crippen molar-refractivity contribution in [2.24, 2.45) is 0 Å². The zero-order chi connectivity index (χ0) is 20.7. The Morgan fingerprint density at radius 2 is 1.10 bits per heavy atom. The van der Waals surface area contributed by atoms with E-state index in [9.17, 15) is 10.2 Å². The molecule has 0 bridgehead atoms. The van der Waals surface area contributed by atoms with Crippen LogP contribution in [0, 0.1) is 0 Å². The topological polar surface area (TPSA) is 40.5 Å². The lowest BCUT2D eigenvalue weighted by Gasteiger charge is -2.23. The fourth-order valence-corrected chi connectivity index (χ4v) is 6.95. The normalized spacial score (nSPS) is 11.3. The van der Waals surface area contributed by atoms with Gasteiger partial charge in [-0.25, -0.2) is 0 Å². The van der Waals surface area contributed by atoms with Crippen LogP contribution in [0.1, 0.15) is 0 Å². The molecule has 4 aromatic rings. The van der Waals surface area contributed by atoms with E-state index in [1.54, 1.807) is 12.1 Å². The fraction of sp³-hybridized carbons (Fsp3) is 0. The average molecular weight is 482 g/mol. The molecule has 0 aliphatic carbocycles. The highest BCUT2D eigenvalue weighted by molar-refractivity contribution is 7.80. The molecular formula is C22H13Cl4O2P. The van der Waals surface area contributed by atoms with Gasteiger partial charge in [-0.05, 0) is 54.3 Å². The minimum Gasteiger partial charge on any atom is -0.506 e. The molecule has 7 heteroatoms. The van der Waals surface area contributed by atoms with Crippen LogP contribution in [0.4, 0.5) is 0 Å². The van der Waals surface area contributed by atoms with E-state index in [1.807, 2.05) is 42.5 Å². The summed E-state index contributed by atoms with van der Waals surface area (Å²) in [7, 11) is -1.46. The molecule has 0 fully saturated rings. The molecule has 0 aliphatic heterocycles. The first-order chi connectivity index (χ1) is 13.8. The molecule has 0 saturated carbocycles. The number of hydrogen-bond donors (Lipinski definition) is 2. The second-order valence-electron chi connectivity index (χ2n) is 6.38. The maximum Gasteiger partial charge on any atom is 0.142 e. The van der Waals surface area contributed by atoms with Crippen LogP contribution in [-0.4, -0.2) is 10.2 Å². The molecule has 2 N–H and O–H groups in total. The van der Waals surface area contributed by atoms with Crippen molar-refractivity contribution in [3.8, 4) is 11.5 Å². The van der Waals surface area contributed by atoms with Crippen LogP contribution in [-0.2, 0) is 0 Å². The minimum absolute atomic E-state index is 0.0918. The number of phenols is 2. The number of phenolic OH excluding ortho intramolecular Hbond substituents is 2. The van der Waals surface area contributed by atoms with Crippen molar-refractivity contribution in [1.82, 2.24) is 0 Å². The number of rotatable bonds is 3. The molecule has 4 rings (SSSR count). The van der Waals surface area contributed by atoms with Gasteiger partial charge in [0.1, 0.15) is 11.5 Å². The molecule has 0 heterocycles. The van der Waals surface area contributed by atoms with Crippen LogP contribution in [0.3, 0.4) is 0 Å². The van der Waals surface area contributed by atoms with Crippen LogP contribution < -0.4 is 15.9 Å². The second kappa shape index (κ2) is 8.22. The van der Waals surface area contributed by atoms with Crippen molar-refractivity contribution in [3.63, 3.8) is 0 Å². The summed E-state index contributed by atoms with van der Waals surface area (Å²) < 4.78 is 0. The third kappa shape index (κ3) is 4.01. The number of hydrogen-bond acceptors (Lipinski definition) is 2. The van der Waals surface area contributed by atoms with Gasteiger partial charge in [0.25, 0.3) is 0 Å². The van der Waals surface area contributed by atoms with Gasteiger partial charge >= 0.3 is 0 Å². The lowest BCUT2D eigenvalue weighted by atomic mass is 10.1.